The van der Waals surface area contributed by atoms with Crippen molar-refractivity contribution in [2.24, 2.45) is 5.92 Å². The van der Waals surface area contributed by atoms with E-state index in [1.165, 1.54) is 39.0 Å². The Balaban J connectivity index is 1.93. The van der Waals surface area contributed by atoms with Crippen molar-refractivity contribution in [3.05, 3.63) is 29.8 Å². The van der Waals surface area contributed by atoms with Gasteiger partial charge >= 0.3 is 7.48 Å². The maximum absolute atomic E-state index is 8.96. The lowest BCUT2D eigenvalue weighted by atomic mass is 9.87. The van der Waals surface area contributed by atoms with Crippen LogP contribution >= 0.6 is 0 Å². The summed E-state index contributed by atoms with van der Waals surface area (Å²) in [4.78, 5) is 2.50. The van der Waals surface area contributed by atoms with E-state index in [1.54, 1.807) is 0 Å². The van der Waals surface area contributed by atoms with Crippen molar-refractivity contribution in [2.75, 3.05) is 13.1 Å². The molecule has 16 heavy (non-hydrogen) atoms. The summed E-state index contributed by atoms with van der Waals surface area (Å²) in [5.74, 6) is 0.883. The smallest absolute Gasteiger partial charge is 0.326 e. The van der Waals surface area contributed by atoms with Gasteiger partial charge in [-0.05, 0) is 37.4 Å². The van der Waals surface area contributed by atoms with Crippen LogP contribution in [0.1, 0.15) is 25.3 Å². The largest absolute Gasteiger partial charge is 0.450 e. The van der Waals surface area contributed by atoms with E-state index < -0.39 is 0 Å². The molecule has 0 aliphatic carbocycles. The maximum atomic E-state index is 8.96. The standard InChI is InChI=1S/C13H19BNO/c1-11-5-7-15(8-6-11)10-12-3-2-4-13(9-12)14-16/h2-4,9,11,16H,5-8,10H2,1H3. The first-order valence-electron chi connectivity index (χ1n) is 6.06. The first kappa shape index (κ1) is 11.7. The van der Waals surface area contributed by atoms with Crippen molar-refractivity contribution in [3.63, 3.8) is 0 Å². The van der Waals surface area contributed by atoms with E-state index in [1.807, 2.05) is 12.1 Å². The maximum Gasteiger partial charge on any atom is 0.326 e. The van der Waals surface area contributed by atoms with Crippen LogP contribution in [0.25, 0.3) is 0 Å². The van der Waals surface area contributed by atoms with Gasteiger partial charge in [0, 0.05) is 6.54 Å². The molecule has 1 N–H and O–H groups in total. The van der Waals surface area contributed by atoms with Crippen LogP contribution in [0.15, 0.2) is 24.3 Å². The molecule has 1 radical (unpaired) electrons. The topological polar surface area (TPSA) is 23.5 Å². The molecular formula is C13H19BNO. The molecule has 0 aromatic heterocycles. The lowest BCUT2D eigenvalue weighted by Gasteiger charge is -2.30. The first-order valence-corrected chi connectivity index (χ1v) is 6.06. The Morgan fingerprint density at radius 2 is 2.12 bits per heavy atom. The van der Waals surface area contributed by atoms with Crippen LogP contribution in [-0.4, -0.2) is 30.5 Å². The van der Waals surface area contributed by atoms with Crippen molar-refractivity contribution in [1.82, 2.24) is 4.90 Å². The SMILES string of the molecule is CC1CCN(Cc2cccc([B]O)c2)CC1. The van der Waals surface area contributed by atoms with Crippen molar-refractivity contribution in [2.45, 2.75) is 26.3 Å². The van der Waals surface area contributed by atoms with Gasteiger partial charge in [-0.2, -0.15) is 0 Å². The van der Waals surface area contributed by atoms with Gasteiger partial charge in [0.1, 0.15) is 0 Å². The molecule has 0 amide bonds. The molecular weight excluding hydrogens is 197 g/mol. The first-order chi connectivity index (χ1) is 7.78. The Hall–Kier alpha value is -0.795. The quantitative estimate of drug-likeness (QED) is 0.766. The average Bonchev–Trinajstić information content (AvgIpc) is 2.32. The summed E-state index contributed by atoms with van der Waals surface area (Å²) in [5.41, 5.74) is 2.18. The fourth-order valence-corrected chi connectivity index (χ4v) is 2.25. The molecule has 1 aliphatic heterocycles. The molecule has 1 saturated heterocycles. The molecule has 1 heterocycles. The fraction of sp³-hybridized carbons (Fsp3) is 0.538. The van der Waals surface area contributed by atoms with Crippen molar-refractivity contribution in [1.29, 1.82) is 0 Å². The minimum absolute atomic E-state index is 0.883. The second kappa shape index (κ2) is 5.51. The Morgan fingerprint density at radius 1 is 1.38 bits per heavy atom. The highest BCUT2D eigenvalue weighted by Gasteiger charge is 2.15. The molecule has 0 spiro atoms. The van der Waals surface area contributed by atoms with Crippen LogP contribution in [0.3, 0.4) is 0 Å². The van der Waals surface area contributed by atoms with Gasteiger partial charge in [-0.15, -0.1) is 0 Å². The second-order valence-corrected chi connectivity index (χ2v) is 4.83. The summed E-state index contributed by atoms with van der Waals surface area (Å²) in [6.45, 7) is 5.75. The van der Waals surface area contributed by atoms with E-state index in [0.29, 0.717) is 0 Å². The summed E-state index contributed by atoms with van der Waals surface area (Å²) >= 11 is 0. The lowest BCUT2D eigenvalue weighted by Crippen LogP contribution is -2.32. The van der Waals surface area contributed by atoms with Gasteiger partial charge in [0.15, 0.2) is 0 Å². The number of piperidine rings is 1. The van der Waals surface area contributed by atoms with E-state index in [-0.39, 0.29) is 0 Å². The molecule has 0 atom stereocenters. The zero-order valence-corrected chi connectivity index (χ0v) is 9.89. The zero-order valence-electron chi connectivity index (χ0n) is 9.89. The van der Waals surface area contributed by atoms with Crippen molar-refractivity contribution < 1.29 is 5.02 Å². The third kappa shape index (κ3) is 3.10. The number of nitrogens with zero attached hydrogens (tertiary/aromatic N) is 1. The van der Waals surface area contributed by atoms with Crippen LogP contribution in [0, 0.1) is 5.92 Å². The average molecular weight is 216 g/mol. The Kier molecular flexibility index (Phi) is 4.02. The number of benzene rings is 1. The van der Waals surface area contributed by atoms with Crippen LogP contribution < -0.4 is 5.46 Å². The number of hydrogen-bond donors (Lipinski definition) is 1. The van der Waals surface area contributed by atoms with E-state index in [9.17, 15) is 0 Å². The minimum Gasteiger partial charge on any atom is -0.450 e. The van der Waals surface area contributed by atoms with Crippen molar-refractivity contribution in [3.8, 4) is 0 Å². The molecule has 2 nitrogen and oxygen atoms in total. The van der Waals surface area contributed by atoms with Crippen LogP contribution in [0.2, 0.25) is 0 Å². The summed E-state index contributed by atoms with van der Waals surface area (Å²) in [6, 6.07) is 8.11. The molecule has 0 unspecified atom stereocenters. The third-order valence-corrected chi connectivity index (χ3v) is 3.38. The van der Waals surface area contributed by atoms with Crippen molar-refractivity contribution >= 4 is 12.9 Å². The van der Waals surface area contributed by atoms with E-state index in [2.05, 4.69) is 24.0 Å². The summed E-state index contributed by atoms with van der Waals surface area (Å²) in [6.07, 6.45) is 2.62. The van der Waals surface area contributed by atoms with Gasteiger partial charge in [0.2, 0.25) is 0 Å². The molecule has 0 bridgehead atoms. The van der Waals surface area contributed by atoms with Gasteiger partial charge in [-0.3, -0.25) is 4.90 Å². The van der Waals surface area contributed by atoms with E-state index in [4.69, 9.17) is 5.02 Å². The minimum atomic E-state index is 0.883. The molecule has 0 saturated carbocycles. The predicted molar refractivity (Wildman–Crippen MR) is 67.7 cm³/mol. The highest BCUT2D eigenvalue weighted by Crippen LogP contribution is 2.17. The molecule has 85 valence electrons. The molecule has 1 aromatic carbocycles. The number of hydrogen-bond acceptors (Lipinski definition) is 2. The second-order valence-electron chi connectivity index (χ2n) is 4.83. The molecule has 1 aromatic rings. The van der Waals surface area contributed by atoms with Gasteiger partial charge < -0.3 is 5.02 Å². The van der Waals surface area contributed by atoms with Crippen LogP contribution in [-0.2, 0) is 6.54 Å². The highest BCUT2D eigenvalue weighted by atomic mass is 16.2. The van der Waals surface area contributed by atoms with Crippen LogP contribution in [0.4, 0.5) is 0 Å². The Bertz CT molecular complexity index is 334. The Labute approximate surface area is 98.6 Å². The summed E-state index contributed by atoms with van der Waals surface area (Å²) in [7, 11) is 1.17. The van der Waals surface area contributed by atoms with Gasteiger partial charge in [-0.25, -0.2) is 0 Å². The number of rotatable bonds is 3. The number of likely N-dealkylation sites (tertiary alicyclic amines) is 1. The normalized spacial score (nSPS) is 18.6. The van der Waals surface area contributed by atoms with Crippen LogP contribution in [0.5, 0.6) is 0 Å². The van der Waals surface area contributed by atoms with Gasteiger partial charge in [0.25, 0.3) is 0 Å². The Morgan fingerprint density at radius 3 is 2.81 bits per heavy atom. The summed E-state index contributed by atoms with van der Waals surface area (Å²) in [5, 5.41) is 8.96. The third-order valence-electron chi connectivity index (χ3n) is 3.38. The molecule has 1 aliphatic rings. The van der Waals surface area contributed by atoms with E-state index >= 15 is 0 Å². The molecule has 3 heteroatoms. The summed E-state index contributed by atoms with van der Waals surface area (Å²) < 4.78 is 0. The lowest BCUT2D eigenvalue weighted by molar-refractivity contribution is 0.185. The monoisotopic (exact) mass is 216 g/mol. The predicted octanol–water partition coefficient (Wildman–Crippen LogP) is 1.16. The molecule has 1 fully saturated rings. The molecule has 2 rings (SSSR count). The van der Waals surface area contributed by atoms with Gasteiger partial charge in [0.05, 0.1) is 0 Å². The van der Waals surface area contributed by atoms with E-state index in [0.717, 1.165) is 17.9 Å². The fourth-order valence-electron chi connectivity index (χ4n) is 2.25. The zero-order chi connectivity index (χ0) is 11.4. The van der Waals surface area contributed by atoms with Gasteiger partial charge in [-0.1, -0.05) is 36.7 Å². The highest BCUT2D eigenvalue weighted by molar-refractivity contribution is 6.45.